The lowest BCUT2D eigenvalue weighted by molar-refractivity contribution is 0.102. The van der Waals surface area contributed by atoms with Crippen LogP contribution < -0.4 is 5.32 Å². The van der Waals surface area contributed by atoms with Crippen molar-refractivity contribution < 1.29 is 4.79 Å². The molecule has 1 aromatic heterocycles. The first kappa shape index (κ1) is 18.2. The monoisotopic (exact) mass is 416 g/mol. The Morgan fingerprint density at radius 2 is 2.08 bits per heavy atom. The Bertz CT molecular complexity index is 858. The highest BCUT2D eigenvalue weighted by atomic mass is 79.9. The molecule has 0 aliphatic heterocycles. The summed E-state index contributed by atoms with van der Waals surface area (Å²) in [5.74, 6) is 0.423. The van der Waals surface area contributed by atoms with Gasteiger partial charge in [0.2, 0.25) is 0 Å². The van der Waals surface area contributed by atoms with E-state index in [0.717, 1.165) is 29.3 Å². The molecule has 25 heavy (non-hydrogen) atoms. The molecule has 3 nitrogen and oxygen atoms in total. The molecule has 2 aromatic rings. The number of carbonyl (C=O) groups is 1. The van der Waals surface area contributed by atoms with Crippen molar-refractivity contribution in [2.45, 2.75) is 40.0 Å². The van der Waals surface area contributed by atoms with Gasteiger partial charge in [0.25, 0.3) is 5.91 Å². The van der Waals surface area contributed by atoms with E-state index in [1.54, 1.807) is 17.4 Å². The predicted octanol–water partition coefficient (Wildman–Crippen LogP) is 5.79. The number of hydrogen-bond donors (Lipinski definition) is 1. The van der Waals surface area contributed by atoms with Crippen LogP contribution in [0.2, 0.25) is 0 Å². The van der Waals surface area contributed by atoms with Gasteiger partial charge in [0, 0.05) is 9.35 Å². The van der Waals surface area contributed by atoms with E-state index in [9.17, 15) is 10.1 Å². The van der Waals surface area contributed by atoms with E-state index in [-0.39, 0.29) is 11.3 Å². The van der Waals surface area contributed by atoms with Gasteiger partial charge in [-0.3, -0.25) is 4.79 Å². The van der Waals surface area contributed by atoms with Gasteiger partial charge in [0.15, 0.2) is 0 Å². The van der Waals surface area contributed by atoms with Crippen LogP contribution in [0.25, 0.3) is 0 Å². The second kappa shape index (κ2) is 6.93. The van der Waals surface area contributed by atoms with Crippen molar-refractivity contribution in [2.24, 2.45) is 11.3 Å². The lowest BCUT2D eigenvalue weighted by Gasteiger charge is -2.33. The second-order valence-corrected chi connectivity index (χ2v) is 9.52. The Balaban J connectivity index is 1.89. The molecule has 1 aliphatic rings. The zero-order valence-corrected chi connectivity index (χ0v) is 17.1. The molecule has 1 amide bonds. The lowest BCUT2D eigenvalue weighted by atomic mass is 9.72. The molecule has 1 aliphatic carbocycles. The van der Waals surface area contributed by atoms with E-state index in [0.29, 0.717) is 22.0 Å². The van der Waals surface area contributed by atoms with Crippen molar-refractivity contribution in [1.29, 1.82) is 5.26 Å². The first-order valence-corrected chi connectivity index (χ1v) is 10.0. The number of nitriles is 1. The molecular formula is C20H21BrN2OS. The molecule has 5 heteroatoms. The summed E-state index contributed by atoms with van der Waals surface area (Å²) >= 11 is 4.98. The van der Waals surface area contributed by atoms with Crippen molar-refractivity contribution in [1.82, 2.24) is 0 Å². The number of rotatable bonds is 2. The number of hydrogen-bond acceptors (Lipinski definition) is 3. The minimum Gasteiger partial charge on any atom is -0.312 e. The first-order chi connectivity index (χ1) is 11.8. The Morgan fingerprint density at radius 3 is 2.72 bits per heavy atom. The Morgan fingerprint density at radius 1 is 1.36 bits per heavy atom. The molecule has 0 saturated carbocycles. The SMILES string of the molecule is CC(C)(C)C1CCc2c(sc(NC(=O)c3ccccc3Br)c2C#N)C1. The van der Waals surface area contributed by atoms with E-state index in [2.05, 4.69) is 48.1 Å². The molecule has 1 unspecified atom stereocenters. The molecular weight excluding hydrogens is 396 g/mol. The number of amides is 1. The molecule has 130 valence electrons. The number of nitrogens with zero attached hydrogens (tertiary/aromatic N) is 1. The van der Waals surface area contributed by atoms with Gasteiger partial charge in [-0.1, -0.05) is 32.9 Å². The molecule has 1 N–H and O–H groups in total. The predicted molar refractivity (Wildman–Crippen MR) is 106 cm³/mol. The average molecular weight is 417 g/mol. The van der Waals surface area contributed by atoms with Gasteiger partial charge >= 0.3 is 0 Å². The van der Waals surface area contributed by atoms with Gasteiger partial charge in [-0.25, -0.2) is 0 Å². The largest absolute Gasteiger partial charge is 0.312 e. The van der Waals surface area contributed by atoms with E-state index in [4.69, 9.17) is 0 Å². The van der Waals surface area contributed by atoms with Crippen LogP contribution in [0.15, 0.2) is 28.7 Å². The molecule has 0 saturated heterocycles. The molecule has 3 rings (SSSR count). The third-order valence-corrected chi connectivity index (χ3v) is 6.81. The van der Waals surface area contributed by atoms with Crippen molar-refractivity contribution in [3.05, 3.63) is 50.3 Å². The van der Waals surface area contributed by atoms with Gasteiger partial charge in [-0.15, -0.1) is 11.3 Å². The minimum absolute atomic E-state index is 0.185. The summed E-state index contributed by atoms with van der Waals surface area (Å²) in [4.78, 5) is 13.9. The maximum atomic E-state index is 12.6. The van der Waals surface area contributed by atoms with E-state index in [1.165, 1.54) is 4.88 Å². The maximum Gasteiger partial charge on any atom is 0.257 e. The van der Waals surface area contributed by atoms with Gasteiger partial charge in [0.05, 0.1) is 11.1 Å². The van der Waals surface area contributed by atoms with E-state index in [1.807, 2.05) is 18.2 Å². The third-order valence-electron chi connectivity index (χ3n) is 4.95. The van der Waals surface area contributed by atoms with Gasteiger partial charge in [0.1, 0.15) is 11.1 Å². The molecule has 1 atom stereocenters. The number of benzene rings is 1. The zero-order chi connectivity index (χ0) is 18.2. The summed E-state index contributed by atoms with van der Waals surface area (Å²) in [5.41, 5.74) is 2.61. The summed E-state index contributed by atoms with van der Waals surface area (Å²) in [6.07, 6.45) is 3.00. The van der Waals surface area contributed by atoms with Crippen molar-refractivity contribution in [3.63, 3.8) is 0 Å². The van der Waals surface area contributed by atoms with Crippen LogP contribution in [-0.4, -0.2) is 5.91 Å². The molecule has 0 spiro atoms. The van der Waals surface area contributed by atoms with Crippen LogP contribution in [-0.2, 0) is 12.8 Å². The summed E-state index contributed by atoms with van der Waals surface area (Å²) in [6, 6.07) is 9.63. The number of nitrogens with one attached hydrogen (secondary N) is 1. The summed E-state index contributed by atoms with van der Waals surface area (Å²) in [7, 11) is 0. The summed E-state index contributed by atoms with van der Waals surface area (Å²) in [5, 5.41) is 13.3. The average Bonchev–Trinajstić information content (AvgIpc) is 2.90. The van der Waals surface area contributed by atoms with Crippen LogP contribution in [0.3, 0.4) is 0 Å². The molecule has 0 fully saturated rings. The van der Waals surface area contributed by atoms with Crippen LogP contribution in [0.5, 0.6) is 0 Å². The molecule has 0 radical (unpaired) electrons. The van der Waals surface area contributed by atoms with Gasteiger partial charge in [-0.2, -0.15) is 5.26 Å². The number of halogens is 1. The fourth-order valence-electron chi connectivity index (χ4n) is 3.35. The lowest BCUT2D eigenvalue weighted by Crippen LogP contribution is -2.26. The summed E-state index contributed by atoms with van der Waals surface area (Å²) in [6.45, 7) is 6.82. The smallest absolute Gasteiger partial charge is 0.257 e. The zero-order valence-electron chi connectivity index (χ0n) is 14.6. The standard InChI is InChI=1S/C20H21BrN2OS/c1-20(2,3)12-8-9-13-15(11-22)19(25-17(13)10-12)23-18(24)14-6-4-5-7-16(14)21/h4-7,12H,8-10H2,1-3H3,(H,23,24). The Labute approximate surface area is 161 Å². The highest BCUT2D eigenvalue weighted by molar-refractivity contribution is 9.10. The highest BCUT2D eigenvalue weighted by Crippen LogP contribution is 2.44. The normalized spacial score (nSPS) is 16.8. The quantitative estimate of drug-likeness (QED) is 0.673. The number of fused-ring (bicyclic) bond motifs is 1. The van der Waals surface area contributed by atoms with Gasteiger partial charge in [-0.05, 0) is 64.2 Å². The minimum atomic E-state index is -0.185. The maximum absolute atomic E-state index is 12.6. The number of carbonyl (C=O) groups excluding carboxylic acids is 1. The number of anilines is 1. The van der Waals surface area contributed by atoms with Crippen LogP contribution >= 0.6 is 27.3 Å². The molecule has 1 aromatic carbocycles. The topological polar surface area (TPSA) is 52.9 Å². The van der Waals surface area contributed by atoms with E-state index >= 15 is 0 Å². The fraction of sp³-hybridized carbons (Fsp3) is 0.400. The fourth-order valence-corrected chi connectivity index (χ4v) is 5.08. The highest BCUT2D eigenvalue weighted by Gasteiger charge is 2.32. The second-order valence-electron chi connectivity index (χ2n) is 7.56. The van der Waals surface area contributed by atoms with Gasteiger partial charge < -0.3 is 5.32 Å². The molecule has 1 heterocycles. The van der Waals surface area contributed by atoms with Crippen LogP contribution in [0.4, 0.5) is 5.00 Å². The Hall–Kier alpha value is -1.64. The van der Waals surface area contributed by atoms with Crippen LogP contribution in [0.1, 0.15) is 53.6 Å². The Kier molecular flexibility index (Phi) is 5.04. The van der Waals surface area contributed by atoms with Crippen molar-refractivity contribution in [2.75, 3.05) is 5.32 Å². The van der Waals surface area contributed by atoms with Crippen molar-refractivity contribution >= 4 is 38.2 Å². The number of thiophene rings is 1. The third kappa shape index (κ3) is 3.65. The van der Waals surface area contributed by atoms with Crippen molar-refractivity contribution in [3.8, 4) is 6.07 Å². The van der Waals surface area contributed by atoms with E-state index < -0.39 is 0 Å². The first-order valence-electron chi connectivity index (χ1n) is 8.41. The summed E-state index contributed by atoms with van der Waals surface area (Å²) < 4.78 is 0.750. The molecule has 0 bridgehead atoms. The van der Waals surface area contributed by atoms with Crippen LogP contribution in [0, 0.1) is 22.7 Å².